The molecule has 0 bridgehead atoms. The fourth-order valence-electron chi connectivity index (χ4n) is 4.25. The monoisotopic (exact) mass is 386 g/mol. The largest absolute Gasteiger partial charge is 0.390 e. The van der Waals surface area contributed by atoms with E-state index in [4.69, 9.17) is 5.73 Å². The van der Waals surface area contributed by atoms with Gasteiger partial charge in [0.15, 0.2) is 0 Å². The number of nitrogens with two attached hydrogens (primary N) is 1. The molecule has 0 aromatic heterocycles. The predicted molar refractivity (Wildman–Crippen MR) is 115 cm³/mol. The van der Waals surface area contributed by atoms with Crippen LogP contribution in [0.25, 0.3) is 11.1 Å². The molecule has 0 saturated carbocycles. The van der Waals surface area contributed by atoms with E-state index in [2.05, 4.69) is 29.6 Å². The molecule has 4 heteroatoms. The summed E-state index contributed by atoms with van der Waals surface area (Å²) in [5.41, 5.74) is 11.5. The number of carbonyl (C=O) groups is 1. The zero-order chi connectivity index (χ0) is 20.2. The molecule has 0 aliphatic heterocycles. The molecular weight excluding hydrogens is 360 g/mol. The number of nitrogens with one attached hydrogen (secondary N) is 1. The first kappa shape index (κ1) is 19.4. The SMILES string of the molecule is NC[C@H](O)[C@H](Cc1ccccc1)NC(=O)CC1c2ccccc2-c2ccccc21. The maximum absolute atomic E-state index is 13.0. The van der Waals surface area contributed by atoms with Gasteiger partial charge in [-0.3, -0.25) is 4.79 Å². The van der Waals surface area contributed by atoms with Crippen molar-refractivity contribution in [3.05, 3.63) is 95.6 Å². The van der Waals surface area contributed by atoms with Crippen LogP contribution < -0.4 is 11.1 Å². The third-order valence-electron chi connectivity index (χ3n) is 5.70. The highest BCUT2D eigenvalue weighted by atomic mass is 16.3. The molecule has 3 aromatic rings. The van der Waals surface area contributed by atoms with E-state index in [-0.39, 0.29) is 18.4 Å². The van der Waals surface area contributed by atoms with Crippen molar-refractivity contribution in [1.82, 2.24) is 5.32 Å². The smallest absolute Gasteiger partial charge is 0.221 e. The standard InChI is InChI=1S/C25H26N2O2/c26-16-24(28)23(14-17-8-2-1-3-9-17)27-25(29)15-22-20-12-6-4-10-18(20)19-11-5-7-13-21(19)22/h1-13,22-24,28H,14-16,26H2,(H,27,29)/t23-,24-/m0/s1. The van der Waals surface area contributed by atoms with Crippen LogP contribution in [0.5, 0.6) is 0 Å². The van der Waals surface area contributed by atoms with Crippen LogP contribution in [-0.2, 0) is 11.2 Å². The van der Waals surface area contributed by atoms with Gasteiger partial charge in [0.05, 0.1) is 12.1 Å². The lowest BCUT2D eigenvalue weighted by molar-refractivity contribution is -0.122. The zero-order valence-electron chi connectivity index (χ0n) is 16.3. The van der Waals surface area contributed by atoms with Crippen LogP contribution in [0.2, 0.25) is 0 Å². The Morgan fingerprint density at radius 1 is 0.897 bits per heavy atom. The molecule has 4 nitrogen and oxygen atoms in total. The topological polar surface area (TPSA) is 75.3 Å². The Balaban J connectivity index is 1.52. The summed E-state index contributed by atoms with van der Waals surface area (Å²) in [6.45, 7) is 0.104. The van der Waals surface area contributed by atoms with Crippen LogP contribution in [0.4, 0.5) is 0 Å². The van der Waals surface area contributed by atoms with Gasteiger partial charge >= 0.3 is 0 Å². The van der Waals surface area contributed by atoms with E-state index in [0.29, 0.717) is 12.8 Å². The van der Waals surface area contributed by atoms with Crippen molar-refractivity contribution in [2.75, 3.05) is 6.54 Å². The highest BCUT2D eigenvalue weighted by Crippen LogP contribution is 2.45. The average Bonchev–Trinajstić information content (AvgIpc) is 3.07. The normalized spacial score (nSPS) is 14.7. The quantitative estimate of drug-likeness (QED) is 0.584. The van der Waals surface area contributed by atoms with Crippen LogP contribution in [0.3, 0.4) is 0 Å². The minimum atomic E-state index is -0.790. The number of fused-ring (bicyclic) bond motifs is 3. The van der Waals surface area contributed by atoms with Gasteiger partial charge < -0.3 is 16.2 Å². The number of aliphatic hydroxyl groups is 1. The van der Waals surface area contributed by atoms with E-state index >= 15 is 0 Å². The molecule has 148 valence electrons. The zero-order valence-corrected chi connectivity index (χ0v) is 16.3. The van der Waals surface area contributed by atoms with E-state index in [1.54, 1.807) is 0 Å². The minimum absolute atomic E-state index is 0.0230. The molecule has 0 spiro atoms. The van der Waals surface area contributed by atoms with Gasteiger partial charge in [0.1, 0.15) is 0 Å². The predicted octanol–water partition coefficient (Wildman–Crippen LogP) is 3.24. The molecule has 3 aromatic carbocycles. The Bertz CT molecular complexity index is 941. The van der Waals surface area contributed by atoms with Crippen molar-refractivity contribution in [3.8, 4) is 11.1 Å². The van der Waals surface area contributed by atoms with Crippen LogP contribution in [0.1, 0.15) is 29.0 Å². The number of aliphatic hydroxyl groups excluding tert-OH is 1. The summed E-state index contributed by atoms with van der Waals surface area (Å²) in [6, 6.07) is 26.0. The van der Waals surface area contributed by atoms with E-state index in [0.717, 1.165) is 5.56 Å². The summed E-state index contributed by atoms with van der Waals surface area (Å²) in [5.74, 6) is -0.0512. The second kappa shape index (κ2) is 8.60. The fraction of sp³-hybridized carbons (Fsp3) is 0.240. The lowest BCUT2D eigenvalue weighted by Gasteiger charge is -2.24. The first-order chi connectivity index (χ1) is 14.2. The summed E-state index contributed by atoms with van der Waals surface area (Å²) in [6.07, 6.45) is 0.0988. The highest BCUT2D eigenvalue weighted by Gasteiger charge is 2.30. The molecule has 0 radical (unpaired) electrons. The maximum Gasteiger partial charge on any atom is 0.221 e. The van der Waals surface area contributed by atoms with Gasteiger partial charge in [-0.15, -0.1) is 0 Å². The number of amides is 1. The molecule has 4 rings (SSSR count). The van der Waals surface area contributed by atoms with Crippen LogP contribution in [0, 0.1) is 0 Å². The van der Waals surface area contributed by atoms with Crippen molar-refractivity contribution in [3.63, 3.8) is 0 Å². The van der Waals surface area contributed by atoms with Crippen molar-refractivity contribution in [2.24, 2.45) is 5.73 Å². The minimum Gasteiger partial charge on any atom is -0.390 e. The van der Waals surface area contributed by atoms with Crippen molar-refractivity contribution < 1.29 is 9.90 Å². The number of benzene rings is 3. The van der Waals surface area contributed by atoms with Crippen LogP contribution in [0.15, 0.2) is 78.9 Å². The first-order valence-electron chi connectivity index (χ1n) is 10.1. The van der Waals surface area contributed by atoms with Gasteiger partial charge in [-0.25, -0.2) is 0 Å². The lowest BCUT2D eigenvalue weighted by atomic mass is 9.92. The van der Waals surface area contributed by atoms with Gasteiger partial charge in [0.25, 0.3) is 0 Å². The molecule has 0 fully saturated rings. The second-order valence-corrected chi connectivity index (χ2v) is 7.60. The maximum atomic E-state index is 13.0. The summed E-state index contributed by atoms with van der Waals surface area (Å²) in [4.78, 5) is 13.0. The summed E-state index contributed by atoms with van der Waals surface area (Å²) < 4.78 is 0. The van der Waals surface area contributed by atoms with Gasteiger partial charge in [0.2, 0.25) is 5.91 Å². The summed E-state index contributed by atoms with van der Waals surface area (Å²) in [7, 11) is 0. The van der Waals surface area contributed by atoms with E-state index < -0.39 is 12.1 Å². The summed E-state index contributed by atoms with van der Waals surface area (Å²) in [5, 5.41) is 13.4. The van der Waals surface area contributed by atoms with Crippen molar-refractivity contribution in [1.29, 1.82) is 0 Å². The number of hydrogen-bond donors (Lipinski definition) is 3. The Labute approximate surface area is 171 Å². The first-order valence-corrected chi connectivity index (χ1v) is 10.1. The Morgan fingerprint density at radius 3 is 2.03 bits per heavy atom. The fourth-order valence-corrected chi connectivity index (χ4v) is 4.25. The highest BCUT2D eigenvalue weighted by molar-refractivity contribution is 5.84. The van der Waals surface area contributed by atoms with Crippen molar-refractivity contribution in [2.45, 2.75) is 30.9 Å². The summed E-state index contributed by atoms with van der Waals surface area (Å²) >= 11 is 0. The van der Waals surface area contributed by atoms with E-state index in [1.165, 1.54) is 22.3 Å². The molecule has 0 unspecified atom stereocenters. The van der Waals surface area contributed by atoms with Gasteiger partial charge in [0, 0.05) is 18.9 Å². The average molecular weight is 386 g/mol. The molecule has 1 aliphatic carbocycles. The molecule has 0 saturated heterocycles. The molecule has 29 heavy (non-hydrogen) atoms. The van der Waals surface area contributed by atoms with Crippen LogP contribution in [-0.4, -0.2) is 29.7 Å². The molecule has 1 amide bonds. The van der Waals surface area contributed by atoms with E-state index in [1.807, 2.05) is 54.6 Å². The van der Waals surface area contributed by atoms with E-state index in [9.17, 15) is 9.90 Å². The molecule has 1 aliphatic rings. The third-order valence-corrected chi connectivity index (χ3v) is 5.70. The Morgan fingerprint density at radius 2 is 1.45 bits per heavy atom. The lowest BCUT2D eigenvalue weighted by Crippen LogP contribution is -2.48. The Hall–Kier alpha value is -2.95. The van der Waals surface area contributed by atoms with Gasteiger partial charge in [-0.05, 0) is 34.2 Å². The van der Waals surface area contributed by atoms with Crippen LogP contribution >= 0.6 is 0 Å². The third kappa shape index (κ3) is 4.09. The molecule has 4 N–H and O–H groups in total. The molecule has 0 heterocycles. The molecular formula is C25H26N2O2. The van der Waals surface area contributed by atoms with Crippen molar-refractivity contribution >= 4 is 5.91 Å². The number of carbonyl (C=O) groups excluding carboxylic acids is 1. The molecule has 2 atom stereocenters. The second-order valence-electron chi connectivity index (χ2n) is 7.60. The Kier molecular flexibility index (Phi) is 5.74. The number of hydrogen-bond acceptors (Lipinski definition) is 3. The number of rotatable bonds is 7. The van der Waals surface area contributed by atoms with Gasteiger partial charge in [-0.1, -0.05) is 78.9 Å². The van der Waals surface area contributed by atoms with Gasteiger partial charge in [-0.2, -0.15) is 0 Å².